The van der Waals surface area contributed by atoms with Gasteiger partial charge in [-0.2, -0.15) is 0 Å². The van der Waals surface area contributed by atoms with E-state index in [4.69, 9.17) is 9.47 Å². The highest BCUT2D eigenvalue weighted by molar-refractivity contribution is 5.72. The Balaban J connectivity index is 1.17. The summed E-state index contributed by atoms with van der Waals surface area (Å²) >= 11 is 0. The molecule has 1 amide bonds. The summed E-state index contributed by atoms with van der Waals surface area (Å²) in [5.41, 5.74) is 1.31. The molecule has 3 aliphatic rings. The van der Waals surface area contributed by atoms with E-state index in [1.54, 1.807) is 6.92 Å². The summed E-state index contributed by atoms with van der Waals surface area (Å²) in [5.74, 6) is 1.14. The van der Waals surface area contributed by atoms with Crippen molar-refractivity contribution in [3.63, 3.8) is 0 Å². The van der Waals surface area contributed by atoms with Gasteiger partial charge in [0, 0.05) is 45.0 Å². The van der Waals surface area contributed by atoms with Gasteiger partial charge < -0.3 is 19.7 Å². The first-order chi connectivity index (χ1) is 13.2. The average molecular weight is 373 g/mol. The fourth-order valence-electron chi connectivity index (χ4n) is 5.30. The minimum Gasteiger partial charge on any atom is -0.377 e. The maximum absolute atomic E-state index is 11.3. The Bertz CT molecular complexity index is 638. The van der Waals surface area contributed by atoms with Crippen LogP contribution in [0.1, 0.15) is 38.2 Å². The van der Waals surface area contributed by atoms with Crippen LogP contribution in [0.2, 0.25) is 0 Å². The highest BCUT2D eigenvalue weighted by Gasteiger charge is 2.62. The molecule has 2 bridgehead atoms. The number of carbonyl (C=O) groups is 1. The van der Waals surface area contributed by atoms with E-state index >= 15 is 0 Å². The molecule has 4 atom stereocenters. The third-order valence-electron chi connectivity index (χ3n) is 6.57. The number of fused-ring (bicyclic) bond motifs is 1. The van der Waals surface area contributed by atoms with Gasteiger partial charge in [-0.3, -0.25) is 4.79 Å². The van der Waals surface area contributed by atoms with Crippen molar-refractivity contribution in [3.8, 4) is 0 Å². The molecule has 3 heterocycles. The fourth-order valence-corrected chi connectivity index (χ4v) is 5.30. The van der Waals surface area contributed by atoms with Crippen molar-refractivity contribution >= 4 is 5.91 Å². The van der Waals surface area contributed by atoms with Crippen LogP contribution in [0.5, 0.6) is 0 Å². The molecule has 0 radical (unpaired) electrons. The van der Waals surface area contributed by atoms with Gasteiger partial charge in [-0.25, -0.2) is 0 Å². The summed E-state index contributed by atoms with van der Waals surface area (Å²) in [4.78, 5) is 13.9. The van der Waals surface area contributed by atoms with E-state index in [2.05, 4.69) is 34.5 Å². The molecule has 5 heteroatoms. The van der Waals surface area contributed by atoms with Gasteiger partial charge in [-0.1, -0.05) is 30.3 Å². The topological polar surface area (TPSA) is 50.8 Å². The van der Waals surface area contributed by atoms with Gasteiger partial charge in [0.05, 0.1) is 18.3 Å². The van der Waals surface area contributed by atoms with Crippen molar-refractivity contribution in [2.24, 2.45) is 11.8 Å². The van der Waals surface area contributed by atoms with Crippen molar-refractivity contribution < 1.29 is 14.3 Å². The fraction of sp³-hybridized carbons (Fsp3) is 0.682. The molecule has 1 aromatic carbocycles. The second-order valence-corrected chi connectivity index (χ2v) is 8.45. The Morgan fingerprint density at radius 2 is 2.19 bits per heavy atom. The van der Waals surface area contributed by atoms with Crippen LogP contribution in [0.4, 0.5) is 0 Å². The molecular weight excluding hydrogens is 340 g/mol. The van der Waals surface area contributed by atoms with Crippen molar-refractivity contribution in [1.82, 2.24) is 10.2 Å². The SMILES string of the molecule is CC(=O)NC[C@H]1[C@H]2CN(CCCCOCc3ccccc3)C[C@]23CC[C@H]1O3. The van der Waals surface area contributed by atoms with Crippen LogP contribution >= 0.6 is 0 Å². The molecule has 1 spiro atoms. The van der Waals surface area contributed by atoms with Crippen LogP contribution in [-0.2, 0) is 20.9 Å². The van der Waals surface area contributed by atoms with Crippen molar-refractivity contribution in [2.75, 3.05) is 32.8 Å². The minimum absolute atomic E-state index is 0.0668. The average Bonchev–Trinajstić information content (AvgIpc) is 3.31. The summed E-state index contributed by atoms with van der Waals surface area (Å²) in [7, 11) is 0. The van der Waals surface area contributed by atoms with E-state index in [0.29, 0.717) is 24.5 Å². The number of likely N-dealkylation sites (tertiary alicyclic amines) is 1. The lowest BCUT2D eigenvalue weighted by Crippen LogP contribution is -2.41. The second-order valence-electron chi connectivity index (χ2n) is 8.45. The van der Waals surface area contributed by atoms with Gasteiger partial charge in [0.15, 0.2) is 0 Å². The zero-order chi connectivity index (χ0) is 18.7. The van der Waals surface area contributed by atoms with Gasteiger partial charge in [0.1, 0.15) is 0 Å². The lowest BCUT2D eigenvalue weighted by Gasteiger charge is -2.29. The summed E-state index contributed by atoms with van der Waals surface area (Å²) in [6.07, 6.45) is 4.96. The largest absolute Gasteiger partial charge is 0.377 e. The maximum atomic E-state index is 11.3. The Morgan fingerprint density at radius 3 is 3.00 bits per heavy atom. The van der Waals surface area contributed by atoms with Gasteiger partial charge in [0.2, 0.25) is 5.91 Å². The number of ether oxygens (including phenoxy) is 2. The predicted octanol–water partition coefficient (Wildman–Crippen LogP) is 2.60. The molecule has 0 aliphatic carbocycles. The Morgan fingerprint density at radius 1 is 1.33 bits per heavy atom. The third-order valence-corrected chi connectivity index (χ3v) is 6.57. The number of hydrogen-bond donors (Lipinski definition) is 1. The van der Waals surface area contributed by atoms with Crippen LogP contribution in [0.3, 0.4) is 0 Å². The van der Waals surface area contributed by atoms with Crippen LogP contribution < -0.4 is 5.32 Å². The summed E-state index contributed by atoms with van der Waals surface area (Å²) < 4.78 is 12.2. The van der Waals surface area contributed by atoms with Crippen LogP contribution in [0.15, 0.2) is 30.3 Å². The smallest absolute Gasteiger partial charge is 0.216 e. The van der Waals surface area contributed by atoms with Crippen LogP contribution in [-0.4, -0.2) is 55.3 Å². The highest BCUT2D eigenvalue weighted by Crippen LogP contribution is 2.54. The first-order valence-corrected chi connectivity index (χ1v) is 10.4. The molecule has 1 N–H and O–H groups in total. The van der Waals surface area contributed by atoms with E-state index in [-0.39, 0.29) is 11.5 Å². The number of hydrogen-bond acceptors (Lipinski definition) is 4. The van der Waals surface area contributed by atoms with Crippen molar-refractivity contribution in [2.45, 2.75) is 50.9 Å². The molecule has 3 aliphatic heterocycles. The Hall–Kier alpha value is -1.43. The van der Waals surface area contributed by atoms with Gasteiger partial charge in [-0.15, -0.1) is 0 Å². The summed E-state index contributed by atoms with van der Waals surface area (Å²) in [5, 5.41) is 3.02. The Kier molecular flexibility index (Phi) is 5.81. The summed E-state index contributed by atoms with van der Waals surface area (Å²) in [6, 6.07) is 10.4. The van der Waals surface area contributed by atoms with E-state index in [1.165, 1.54) is 12.0 Å². The molecule has 4 rings (SSSR count). The highest BCUT2D eigenvalue weighted by atomic mass is 16.5. The van der Waals surface area contributed by atoms with Crippen LogP contribution in [0.25, 0.3) is 0 Å². The molecule has 27 heavy (non-hydrogen) atoms. The zero-order valence-corrected chi connectivity index (χ0v) is 16.4. The first kappa shape index (κ1) is 18.9. The first-order valence-electron chi connectivity index (χ1n) is 10.4. The van der Waals surface area contributed by atoms with Crippen molar-refractivity contribution in [3.05, 3.63) is 35.9 Å². The van der Waals surface area contributed by atoms with Crippen LogP contribution in [0, 0.1) is 11.8 Å². The molecular formula is C22H32N2O3. The van der Waals surface area contributed by atoms with Gasteiger partial charge in [0.25, 0.3) is 0 Å². The standard InChI is InChI=1S/C22H32N2O3/c1-17(25)23-13-19-20-14-24(16-22(20)10-9-21(19)27-22)11-5-6-12-26-15-18-7-3-2-4-8-18/h2-4,7-8,19-21H,5-6,9-16H2,1H3,(H,23,25)/t19-,20+,21+,22+/m0/s1. The number of amides is 1. The molecule has 0 aromatic heterocycles. The molecule has 1 aromatic rings. The lowest BCUT2D eigenvalue weighted by molar-refractivity contribution is -0.119. The van der Waals surface area contributed by atoms with E-state index < -0.39 is 0 Å². The van der Waals surface area contributed by atoms with Gasteiger partial charge in [-0.05, 0) is 37.8 Å². The molecule has 0 unspecified atom stereocenters. The van der Waals surface area contributed by atoms with E-state index in [9.17, 15) is 4.79 Å². The number of nitrogens with one attached hydrogen (secondary N) is 1. The number of benzene rings is 1. The number of unbranched alkanes of at least 4 members (excludes halogenated alkanes) is 1. The predicted molar refractivity (Wildman–Crippen MR) is 104 cm³/mol. The van der Waals surface area contributed by atoms with Gasteiger partial charge >= 0.3 is 0 Å². The third kappa shape index (κ3) is 4.20. The molecule has 5 nitrogen and oxygen atoms in total. The normalized spacial score (nSPS) is 32.0. The molecule has 3 saturated heterocycles. The second kappa shape index (κ2) is 8.29. The number of carbonyl (C=O) groups excluding carboxylic acids is 1. The van der Waals surface area contributed by atoms with E-state index in [1.807, 2.05) is 6.07 Å². The maximum Gasteiger partial charge on any atom is 0.216 e. The number of rotatable bonds is 9. The lowest BCUT2D eigenvalue weighted by atomic mass is 9.73. The molecule has 148 valence electrons. The Labute approximate surface area is 162 Å². The quantitative estimate of drug-likeness (QED) is 0.677. The monoisotopic (exact) mass is 372 g/mol. The minimum atomic E-state index is 0.0668. The molecule has 3 fully saturated rings. The van der Waals surface area contributed by atoms with Crippen molar-refractivity contribution in [1.29, 1.82) is 0 Å². The molecule has 0 saturated carbocycles. The van der Waals surface area contributed by atoms with E-state index in [0.717, 1.165) is 52.0 Å². The number of nitrogens with zero attached hydrogens (tertiary/aromatic N) is 1. The summed E-state index contributed by atoms with van der Waals surface area (Å²) in [6.45, 7) is 7.20. The zero-order valence-electron chi connectivity index (χ0n) is 16.4.